The van der Waals surface area contributed by atoms with Crippen LogP contribution in [-0.4, -0.2) is 28.4 Å². The first-order chi connectivity index (χ1) is 23.6. The van der Waals surface area contributed by atoms with Gasteiger partial charge in [0.2, 0.25) is 0 Å². The predicted molar refractivity (Wildman–Crippen MR) is 197 cm³/mol. The zero-order valence-corrected chi connectivity index (χ0v) is 27.5. The smallest absolute Gasteiger partial charge is 0.119 e. The van der Waals surface area contributed by atoms with Gasteiger partial charge in [0.25, 0.3) is 0 Å². The van der Waals surface area contributed by atoms with E-state index in [2.05, 4.69) is 119 Å². The van der Waals surface area contributed by atoms with Crippen molar-refractivity contribution in [1.82, 2.24) is 0 Å². The maximum absolute atomic E-state index is 5.39. The lowest BCUT2D eigenvalue weighted by Gasteiger charge is -2.26. The van der Waals surface area contributed by atoms with Crippen LogP contribution < -0.4 is 28.7 Å². The zero-order chi connectivity index (χ0) is 33.3. The van der Waals surface area contributed by atoms with Crippen molar-refractivity contribution in [2.75, 3.05) is 38.2 Å². The molecule has 0 aromatic heterocycles. The summed E-state index contributed by atoms with van der Waals surface area (Å²) in [6, 6.07) is 49.4. The third-order valence-electron chi connectivity index (χ3n) is 8.09. The summed E-state index contributed by atoms with van der Waals surface area (Å²) in [5.41, 5.74) is 8.42. The second-order valence-electron chi connectivity index (χ2n) is 11.0. The van der Waals surface area contributed by atoms with E-state index in [0.717, 1.165) is 68.2 Å². The van der Waals surface area contributed by atoms with E-state index in [1.54, 1.807) is 28.4 Å². The summed E-state index contributed by atoms with van der Waals surface area (Å²) >= 11 is 0. The van der Waals surface area contributed by atoms with E-state index in [9.17, 15) is 0 Å². The van der Waals surface area contributed by atoms with E-state index in [1.165, 1.54) is 0 Å². The summed E-state index contributed by atoms with van der Waals surface area (Å²) in [5, 5.41) is 0. The van der Waals surface area contributed by atoms with E-state index in [4.69, 9.17) is 18.9 Å². The molecule has 0 saturated carbocycles. The van der Waals surface area contributed by atoms with Gasteiger partial charge in [-0.15, -0.1) is 0 Å². The van der Waals surface area contributed by atoms with Crippen LogP contribution in [0.15, 0.2) is 146 Å². The maximum Gasteiger partial charge on any atom is 0.119 e. The highest BCUT2D eigenvalue weighted by atomic mass is 16.5. The van der Waals surface area contributed by atoms with Gasteiger partial charge < -0.3 is 28.7 Å². The Kier molecular flexibility index (Phi) is 9.92. The number of hydrogen-bond acceptors (Lipinski definition) is 6. The lowest BCUT2D eigenvalue weighted by atomic mass is 10.1. The average molecular weight is 635 g/mol. The predicted octanol–water partition coefficient (Wildman–Crippen LogP) is 10.8. The fourth-order valence-electron chi connectivity index (χ4n) is 5.48. The molecule has 6 rings (SSSR count). The number of rotatable bonds is 12. The summed E-state index contributed by atoms with van der Waals surface area (Å²) in [5.74, 6) is 3.26. The molecule has 48 heavy (non-hydrogen) atoms. The Morgan fingerprint density at radius 3 is 0.667 bits per heavy atom. The highest BCUT2D eigenvalue weighted by molar-refractivity contribution is 5.80. The van der Waals surface area contributed by atoms with Crippen molar-refractivity contribution in [2.45, 2.75) is 0 Å². The van der Waals surface area contributed by atoms with Gasteiger partial charge in [-0.3, -0.25) is 0 Å². The molecule has 0 aliphatic heterocycles. The molecule has 0 fully saturated rings. The normalized spacial score (nSPS) is 10.8. The third-order valence-corrected chi connectivity index (χ3v) is 8.09. The van der Waals surface area contributed by atoms with Crippen molar-refractivity contribution < 1.29 is 18.9 Å². The molecule has 0 aliphatic carbocycles. The molecular formula is C42H38N2O4. The van der Waals surface area contributed by atoms with Crippen molar-refractivity contribution in [1.29, 1.82) is 0 Å². The lowest BCUT2D eigenvalue weighted by Crippen LogP contribution is -2.09. The number of benzene rings is 6. The van der Waals surface area contributed by atoms with E-state index < -0.39 is 0 Å². The first kappa shape index (κ1) is 31.8. The van der Waals surface area contributed by atoms with Crippen LogP contribution in [0.1, 0.15) is 11.1 Å². The Morgan fingerprint density at radius 2 is 0.479 bits per heavy atom. The Bertz CT molecular complexity index is 1680. The quantitative estimate of drug-likeness (QED) is 0.125. The topological polar surface area (TPSA) is 43.4 Å². The first-order valence-corrected chi connectivity index (χ1v) is 15.6. The summed E-state index contributed by atoms with van der Waals surface area (Å²) in [6.07, 6.45) is 4.27. The largest absolute Gasteiger partial charge is 0.497 e. The number of hydrogen-bond donors (Lipinski definition) is 0. The second kappa shape index (κ2) is 15.0. The summed E-state index contributed by atoms with van der Waals surface area (Å²) in [6.45, 7) is 0. The van der Waals surface area contributed by atoms with Gasteiger partial charge in [-0.05, 0) is 132 Å². The van der Waals surface area contributed by atoms with Crippen molar-refractivity contribution in [3.63, 3.8) is 0 Å². The molecule has 0 unspecified atom stereocenters. The molecule has 0 radical (unpaired) electrons. The number of methoxy groups -OCH3 is 4. The minimum absolute atomic E-state index is 0.816. The number of nitrogens with zero attached hydrogens (tertiary/aromatic N) is 2. The van der Waals surface area contributed by atoms with Crippen LogP contribution in [0.4, 0.5) is 34.1 Å². The van der Waals surface area contributed by atoms with E-state index in [1.807, 2.05) is 48.5 Å². The molecule has 240 valence electrons. The van der Waals surface area contributed by atoms with Gasteiger partial charge in [0, 0.05) is 34.1 Å². The molecular weight excluding hydrogens is 596 g/mol. The van der Waals surface area contributed by atoms with Crippen LogP contribution in [-0.2, 0) is 0 Å². The van der Waals surface area contributed by atoms with Crippen LogP contribution >= 0.6 is 0 Å². The Labute approximate surface area is 282 Å². The SMILES string of the molecule is COc1ccc(N(c2ccc(C=Cc3ccc(N(c4ccc(OC)cc4)c4ccc(OC)cc4)cc3)cc2)c2ccc(OC)cc2)cc1. The molecule has 6 heteroatoms. The van der Waals surface area contributed by atoms with Crippen LogP contribution in [0.2, 0.25) is 0 Å². The molecule has 0 bridgehead atoms. The van der Waals surface area contributed by atoms with Gasteiger partial charge in [0.15, 0.2) is 0 Å². The highest BCUT2D eigenvalue weighted by Gasteiger charge is 2.14. The van der Waals surface area contributed by atoms with E-state index >= 15 is 0 Å². The van der Waals surface area contributed by atoms with Gasteiger partial charge in [-0.2, -0.15) is 0 Å². The molecule has 0 heterocycles. The molecule has 6 nitrogen and oxygen atoms in total. The molecule has 6 aromatic carbocycles. The molecule has 0 atom stereocenters. The van der Waals surface area contributed by atoms with Crippen molar-refractivity contribution in [3.05, 3.63) is 157 Å². The fraction of sp³-hybridized carbons (Fsp3) is 0.0952. The van der Waals surface area contributed by atoms with Gasteiger partial charge in [0.1, 0.15) is 23.0 Å². The monoisotopic (exact) mass is 634 g/mol. The van der Waals surface area contributed by atoms with Crippen LogP contribution in [0.25, 0.3) is 12.2 Å². The van der Waals surface area contributed by atoms with Crippen LogP contribution in [0, 0.1) is 0 Å². The highest BCUT2D eigenvalue weighted by Crippen LogP contribution is 2.38. The Morgan fingerprint density at radius 1 is 0.292 bits per heavy atom. The molecule has 0 amide bonds. The number of anilines is 6. The van der Waals surface area contributed by atoms with Crippen molar-refractivity contribution in [2.24, 2.45) is 0 Å². The first-order valence-electron chi connectivity index (χ1n) is 15.6. The molecule has 0 saturated heterocycles. The van der Waals surface area contributed by atoms with E-state index in [0.29, 0.717) is 0 Å². The average Bonchev–Trinajstić information content (AvgIpc) is 3.16. The van der Waals surface area contributed by atoms with Gasteiger partial charge in [-0.25, -0.2) is 0 Å². The molecule has 0 aliphatic rings. The van der Waals surface area contributed by atoms with Gasteiger partial charge in [0.05, 0.1) is 28.4 Å². The zero-order valence-electron chi connectivity index (χ0n) is 27.5. The van der Waals surface area contributed by atoms with Crippen molar-refractivity contribution in [3.8, 4) is 23.0 Å². The standard InChI is InChI=1S/C42H38N2O4/c1-45-39-23-15-35(16-24-39)43(36-17-25-40(46-2)26-18-36)33-11-7-31(8-12-33)5-6-32-9-13-34(14-10-32)44(37-19-27-41(47-3)28-20-37)38-21-29-42(48-4)30-22-38/h5-30H,1-4H3. The summed E-state index contributed by atoms with van der Waals surface area (Å²) in [7, 11) is 6.71. The fourth-order valence-corrected chi connectivity index (χ4v) is 5.48. The lowest BCUT2D eigenvalue weighted by molar-refractivity contribution is 0.414. The third kappa shape index (κ3) is 7.29. The number of ether oxygens (including phenoxy) is 4. The Hall–Kier alpha value is -6.14. The van der Waals surface area contributed by atoms with Crippen LogP contribution in [0.3, 0.4) is 0 Å². The molecule has 0 spiro atoms. The maximum atomic E-state index is 5.39. The van der Waals surface area contributed by atoms with Gasteiger partial charge >= 0.3 is 0 Å². The van der Waals surface area contributed by atoms with Gasteiger partial charge in [-0.1, -0.05) is 36.4 Å². The van der Waals surface area contributed by atoms with Crippen LogP contribution in [0.5, 0.6) is 23.0 Å². The second-order valence-corrected chi connectivity index (χ2v) is 11.0. The summed E-state index contributed by atoms with van der Waals surface area (Å²) in [4.78, 5) is 4.42. The van der Waals surface area contributed by atoms with Crippen molar-refractivity contribution >= 4 is 46.3 Å². The molecule has 6 aromatic rings. The summed E-state index contributed by atoms with van der Waals surface area (Å²) < 4.78 is 21.6. The molecule has 0 N–H and O–H groups in total. The van der Waals surface area contributed by atoms with E-state index in [-0.39, 0.29) is 0 Å². The minimum atomic E-state index is 0.816. The minimum Gasteiger partial charge on any atom is -0.497 e. The Balaban J connectivity index is 1.23.